The van der Waals surface area contributed by atoms with E-state index in [1.807, 2.05) is 54.6 Å². The maximum absolute atomic E-state index is 13.1. The zero-order valence-electron chi connectivity index (χ0n) is 15.0. The van der Waals surface area contributed by atoms with Gasteiger partial charge in [0.05, 0.1) is 12.0 Å². The summed E-state index contributed by atoms with van der Waals surface area (Å²) in [7, 11) is 1.65. The summed E-state index contributed by atoms with van der Waals surface area (Å²) >= 11 is 1.49. The van der Waals surface area contributed by atoms with E-state index in [1.54, 1.807) is 13.3 Å². The number of fused-ring (bicyclic) bond motifs is 1. The van der Waals surface area contributed by atoms with Crippen LogP contribution in [-0.4, -0.2) is 17.9 Å². The molecule has 4 heteroatoms. The van der Waals surface area contributed by atoms with Gasteiger partial charge in [-0.3, -0.25) is 4.79 Å². The van der Waals surface area contributed by atoms with Gasteiger partial charge in [-0.25, -0.2) is 4.98 Å². The van der Waals surface area contributed by atoms with Crippen LogP contribution in [-0.2, 0) is 6.42 Å². The Balaban J connectivity index is 1.65. The number of methoxy groups -OCH3 is 1. The molecule has 0 aliphatic carbocycles. The molecule has 0 N–H and O–H groups in total. The smallest absolute Gasteiger partial charge is 0.173 e. The van der Waals surface area contributed by atoms with Crippen LogP contribution in [0.15, 0.2) is 72.9 Å². The Morgan fingerprint density at radius 2 is 1.78 bits per heavy atom. The Bertz CT molecular complexity index is 1070. The molecule has 3 nitrogen and oxygen atoms in total. The van der Waals surface area contributed by atoms with Gasteiger partial charge in [-0.2, -0.15) is 0 Å². The molecule has 0 spiro atoms. The Labute approximate surface area is 162 Å². The van der Waals surface area contributed by atoms with Crippen LogP contribution < -0.4 is 4.74 Å². The van der Waals surface area contributed by atoms with Crippen LogP contribution in [0.25, 0.3) is 21.3 Å². The molecule has 0 saturated carbocycles. The highest BCUT2D eigenvalue weighted by Gasteiger charge is 2.20. The number of benzene rings is 2. The number of carbonyl (C=O) groups excluding carboxylic acids is 1. The minimum Gasteiger partial charge on any atom is -0.497 e. The van der Waals surface area contributed by atoms with Gasteiger partial charge in [0.2, 0.25) is 0 Å². The normalized spacial score (nSPS) is 10.9. The summed E-state index contributed by atoms with van der Waals surface area (Å²) in [5.41, 5.74) is 3.19. The zero-order valence-corrected chi connectivity index (χ0v) is 15.8. The number of hydrogen-bond acceptors (Lipinski definition) is 4. The SMILES string of the molecule is COc1ccc(CCC(=O)c2sc3ncccc3c2-c2ccccc2)cc1. The molecule has 0 unspecified atom stereocenters. The second kappa shape index (κ2) is 7.72. The summed E-state index contributed by atoms with van der Waals surface area (Å²) < 4.78 is 5.19. The highest BCUT2D eigenvalue weighted by atomic mass is 32.1. The third-order valence-electron chi connectivity index (χ3n) is 4.58. The molecule has 0 radical (unpaired) electrons. The Hall–Kier alpha value is -2.98. The second-order valence-corrected chi connectivity index (χ2v) is 7.30. The van der Waals surface area contributed by atoms with E-state index in [9.17, 15) is 4.79 Å². The van der Waals surface area contributed by atoms with Crippen LogP contribution in [0.4, 0.5) is 0 Å². The van der Waals surface area contributed by atoms with Gasteiger partial charge in [0.15, 0.2) is 5.78 Å². The van der Waals surface area contributed by atoms with Crippen molar-refractivity contribution in [2.45, 2.75) is 12.8 Å². The number of thiophene rings is 1. The molecule has 4 rings (SSSR count). The molecule has 2 aromatic carbocycles. The highest BCUT2D eigenvalue weighted by molar-refractivity contribution is 7.21. The topological polar surface area (TPSA) is 39.2 Å². The van der Waals surface area contributed by atoms with Crippen LogP contribution in [0.1, 0.15) is 21.7 Å². The van der Waals surface area contributed by atoms with Crippen molar-refractivity contribution in [1.29, 1.82) is 0 Å². The number of pyridine rings is 1. The molecule has 0 aliphatic rings. The number of ketones is 1. The summed E-state index contributed by atoms with van der Waals surface area (Å²) in [6.45, 7) is 0. The van der Waals surface area contributed by atoms with E-state index in [1.165, 1.54) is 11.3 Å². The Kier molecular flexibility index (Phi) is 4.99. The van der Waals surface area contributed by atoms with Crippen molar-refractivity contribution in [2.75, 3.05) is 7.11 Å². The van der Waals surface area contributed by atoms with Gasteiger partial charge in [-0.1, -0.05) is 42.5 Å². The third-order valence-corrected chi connectivity index (χ3v) is 5.74. The summed E-state index contributed by atoms with van der Waals surface area (Å²) in [5.74, 6) is 0.986. The maximum Gasteiger partial charge on any atom is 0.173 e. The molecule has 134 valence electrons. The maximum atomic E-state index is 13.1. The molecule has 27 heavy (non-hydrogen) atoms. The van der Waals surface area contributed by atoms with Crippen LogP contribution >= 0.6 is 11.3 Å². The number of hydrogen-bond donors (Lipinski definition) is 0. The lowest BCUT2D eigenvalue weighted by atomic mass is 9.99. The van der Waals surface area contributed by atoms with Gasteiger partial charge in [-0.15, -0.1) is 11.3 Å². The number of nitrogens with zero attached hydrogens (tertiary/aromatic N) is 1. The first-order valence-electron chi connectivity index (χ1n) is 8.85. The molecule has 0 bridgehead atoms. The van der Waals surface area contributed by atoms with Crippen molar-refractivity contribution in [1.82, 2.24) is 4.98 Å². The van der Waals surface area contributed by atoms with Crippen molar-refractivity contribution in [2.24, 2.45) is 0 Å². The van der Waals surface area contributed by atoms with Crippen molar-refractivity contribution in [3.63, 3.8) is 0 Å². The fourth-order valence-electron chi connectivity index (χ4n) is 3.18. The van der Waals surface area contributed by atoms with E-state index in [-0.39, 0.29) is 5.78 Å². The summed E-state index contributed by atoms with van der Waals surface area (Å²) in [6, 6.07) is 21.9. The summed E-state index contributed by atoms with van der Waals surface area (Å²) in [6.07, 6.45) is 2.96. The number of carbonyl (C=O) groups is 1. The average Bonchev–Trinajstić information content (AvgIpc) is 3.12. The number of ether oxygens (including phenoxy) is 1. The third kappa shape index (κ3) is 3.62. The Morgan fingerprint density at radius 1 is 1.00 bits per heavy atom. The molecule has 0 atom stereocenters. The Morgan fingerprint density at radius 3 is 2.52 bits per heavy atom. The van der Waals surface area contributed by atoms with E-state index < -0.39 is 0 Å². The number of aromatic nitrogens is 1. The molecule has 4 aromatic rings. The number of aryl methyl sites for hydroxylation is 1. The average molecular weight is 373 g/mol. The van der Waals surface area contributed by atoms with Crippen LogP contribution in [0.3, 0.4) is 0 Å². The van der Waals surface area contributed by atoms with Crippen LogP contribution in [0.2, 0.25) is 0 Å². The van der Waals surface area contributed by atoms with Crippen LogP contribution in [0.5, 0.6) is 5.75 Å². The molecule has 0 fully saturated rings. The summed E-state index contributed by atoms with van der Waals surface area (Å²) in [5, 5.41) is 1.04. The largest absolute Gasteiger partial charge is 0.497 e. The van der Waals surface area contributed by atoms with E-state index in [2.05, 4.69) is 17.1 Å². The van der Waals surface area contributed by atoms with E-state index in [0.717, 1.165) is 37.5 Å². The van der Waals surface area contributed by atoms with Crippen molar-refractivity contribution in [3.8, 4) is 16.9 Å². The quantitative estimate of drug-likeness (QED) is 0.402. The van der Waals surface area contributed by atoms with E-state index in [4.69, 9.17) is 4.74 Å². The van der Waals surface area contributed by atoms with Gasteiger partial charge in [0.25, 0.3) is 0 Å². The van der Waals surface area contributed by atoms with E-state index >= 15 is 0 Å². The molecular formula is C23H19NO2S. The minimum atomic E-state index is 0.160. The minimum absolute atomic E-state index is 0.160. The lowest BCUT2D eigenvalue weighted by Gasteiger charge is -2.06. The molecule has 0 amide bonds. The van der Waals surface area contributed by atoms with E-state index in [0.29, 0.717) is 12.8 Å². The monoisotopic (exact) mass is 373 g/mol. The van der Waals surface area contributed by atoms with Crippen molar-refractivity contribution in [3.05, 3.63) is 83.4 Å². The fraction of sp³-hybridized carbons (Fsp3) is 0.130. The molecule has 0 saturated heterocycles. The highest BCUT2D eigenvalue weighted by Crippen LogP contribution is 2.38. The van der Waals surface area contributed by atoms with Crippen molar-refractivity contribution >= 4 is 27.3 Å². The van der Waals surface area contributed by atoms with Gasteiger partial charge in [-0.05, 0) is 41.8 Å². The predicted molar refractivity (Wildman–Crippen MR) is 111 cm³/mol. The van der Waals surface area contributed by atoms with Gasteiger partial charge in [0, 0.05) is 23.6 Å². The van der Waals surface area contributed by atoms with Gasteiger partial charge >= 0.3 is 0 Å². The molecule has 0 aliphatic heterocycles. The first-order chi connectivity index (χ1) is 13.3. The van der Waals surface area contributed by atoms with Gasteiger partial charge < -0.3 is 4.74 Å². The zero-order chi connectivity index (χ0) is 18.6. The van der Waals surface area contributed by atoms with Gasteiger partial charge in [0.1, 0.15) is 10.6 Å². The molecule has 2 heterocycles. The predicted octanol–water partition coefficient (Wildman–Crippen LogP) is 5.79. The number of rotatable bonds is 6. The van der Waals surface area contributed by atoms with Crippen molar-refractivity contribution < 1.29 is 9.53 Å². The lowest BCUT2D eigenvalue weighted by Crippen LogP contribution is -2.00. The second-order valence-electron chi connectivity index (χ2n) is 6.30. The fourth-order valence-corrected chi connectivity index (χ4v) is 4.32. The first kappa shape index (κ1) is 17.4. The molecular weight excluding hydrogens is 354 g/mol. The number of Topliss-reactive ketones (excluding diaryl/α,β-unsaturated/α-hetero) is 1. The molecule has 2 aromatic heterocycles. The first-order valence-corrected chi connectivity index (χ1v) is 9.67. The summed E-state index contributed by atoms with van der Waals surface area (Å²) in [4.78, 5) is 19.2. The van der Waals surface area contributed by atoms with Crippen LogP contribution in [0, 0.1) is 0 Å². The standard InChI is InChI=1S/C23H19NO2S/c1-26-18-12-9-16(10-13-18)11-14-20(25)22-21(17-6-3-2-4-7-17)19-8-5-15-24-23(19)27-22/h2-10,12-13,15H,11,14H2,1H3. The lowest BCUT2D eigenvalue weighted by molar-refractivity contribution is 0.0987.